The zero-order valence-electron chi connectivity index (χ0n) is 12.4. The van der Waals surface area contributed by atoms with Crippen molar-refractivity contribution in [3.8, 4) is 0 Å². The molecule has 0 radical (unpaired) electrons. The van der Waals surface area contributed by atoms with Crippen molar-refractivity contribution in [1.29, 1.82) is 0 Å². The Labute approximate surface area is 120 Å². The maximum atomic E-state index is 4.57. The first-order valence-corrected chi connectivity index (χ1v) is 8.32. The van der Waals surface area contributed by atoms with Gasteiger partial charge in [0.2, 0.25) is 5.13 Å². The molecule has 2 rings (SSSR count). The largest absolute Gasteiger partial charge is 0.358 e. The maximum absolute atomic E-state index is 4.57. The van der Waals surface area contributed by atoms with E-state index in [1.54, 1.807) is 0 Å². The second-order valence-electron chi connectivity index (χ2n) is 5.45. The number of hydrogen-bond acceptors (Lipinski definition) is 5. The van der Waals surface area contributed by atoms with Crippen LogP contribution in [0.15, 0.2) is 0 Å². The predicted molar refractivity (Wildman–Crippen MR) is 82.0 cm³/mol. The lowest BCUT2D eigenvalue weighted by Gasteiger charge is -2.19. The summed E-state index contributed by atoms with van der Waals surface area (Å²) in [4.78, 5) is 7.05. The van der Waals surface area contributed by atoms with Crippen molar-refractivity contribution in [3.63, 3.8) is 0 Å². The van der Waals surface area contributed by atoms with Gasteiger partial charge in [0.25, 0.3) is 0 Å². The van der Waals surface area contributed by atoms with E-state index in [1.807, 2.05) is 0 Å². The fourth-order valence-corrected chi connectivity index (χ4v) is 3.00. The molecule has 1 aromatic rings. The first kappa shape index (κ1) is 14.7. The Bertz CT molecular complexity index is 371. The molecule has 1 aliphatic rings. The van der Waals surface area contributed by atoms with Crippen LogP contribution >= 0.6 is 11.5 Å². The van der Waals surface area contributed by atoms with Crippen LogP contribution in [0.4, 0.5) is 5.13 Å². The standard InChI is InChI=1S/C14H26N4S/c1-4-18(5-2)10-6-7-11(3)15-14-16-13(17-19-14)12-8-9-12/h11-12H,4-10H2,1-3H3,(H,15,16,17). The van der Waals surface area contributed by atoms with Gasteiger partial charge in [-0.15, -0.1) is 0 Å². The highest BCUT2D eigenvalue weighted by atomic mass is 32.1. The van der Waals surface area contributed by atoms with Crippen LogP contribution in [0.25, 0.3) is 0 Å². The molecule has 0 bridgehead atoms. The molecule has 4 nitrogen and oxygen atoms in total. The zero-order chi connectivity index (χ0) is 13.7. The second kappa shape index (κ2) is 7.20. The van der Waals surface area contributed by atoms with E-state index in [-0.39, 0.29) is 0 Å². The van der Waals surface area contributed by atoms with Crippen molar-refractivity contribution in [1.82, 2.24) is 14.3 Å². The summed E-state index contributed by atoms with van der Waals surface area (Å²) < 4.78 is 4.43. The van der Waals surface area contributed by atoms with Crippen LogP contribution in [0.2, 0.25) is 0 Å². The molecule has 1 N–H and O–H groups in total. The fourth-order valence-electron chi connectivity index (χ4n) is 2.24. The number of hydrogen-bond donors (Lipinski definition) is 1. The van der Waals surface area contributed by atoms with Crippen molar-refractivity contribution >= 4 is 16.7 Å². The highest BCUT2D eigenvalue weighted by molar-refractivity contribution is 7.09. The number of rotatable bonds is 9. The van der Waals surface area contributed by atoms with Gasteiger partial charge in [-0.2, -0.15) is 4.37 Å². The molecule has 0 aliphatic heterocycles. The van der Waals surface area contributed by atoms with Crippen LogP contribution in [0.3, 0.4) is 0 Å². The van der Waals surface area contributed by atoms with Crippen molar-refractivity contribution in [3.05, 3.63) is 5.82 Å². The van der Waals surface area contributed by atoms with Crippen LogP contribution in [0, 0.1) is 0 Å². The smallest absolute Gasteiger partial charge is 0.202 e. The van der Waals surface area contributed by atoms with Gasteiger partial charge < -0.3 is 10.2 Å². The fraction of sp³-hybridized carbons (Fsp3) is 0.857. The van der Waals surface area contributed by atoms with E-state index < -0.39 is 0 Å². The van der Waals surface area contributed by atoms with Gasteiger partial charge in [-0.3, -0.25) is 0 Å². The van der Waals surface area contributed by atoms with Gasteiger partial charge in [0.05, 0.1) is 0 Å². The Kier molecular flexibility index (Phi) is 5.58. The first-order valence-electron chi connectivity index (χ1n) is 7.55. The van der Waals surface area contributed by atoms with E-state index in [1.165, 1.54) is 43.8 Å². The quantitative estimate of drug-likeness (QED) is 0.754. The van der Waals surface area contributed by atoms with Gasteiger partial charge in [-0.05, 0) is 52.2 Å². The van der Waals surface area contributed by atoms with E-state index in [4.69, 9.17) is 0 Å². The maximum Gasteiger partial charge on any atom is 0.202 e. The molecule has 0 amide bonds. The normalized spacial score (nSPS) is 16.8. The van der Waals surface area contributed by atoms with Gasteiger partial charge in [0.1, 0.15) is 5.82 Å². The molecule has 0 spiro atoms. The minimum atomic E-state index is 0.482. The molecular weight excluding hydrogens is 256 g/mol. The van der Waals surface area contributed by atoms with E-state index >= 15 is 0 Å². The second-order valence-corrected chi connectivity index (χ2v) is 6.20. The Morgan fingerprint density at radius 2 is 2.11 bits per heavy atom. The summed E-state index contributed by atoms with van der Waals surface area (Å²) in [5.74, 6) is 1.72. The number of aromatic nitrogens is 2. The number of nitrogens with zero attached hydrogens (tertiary/aromatic N) is 3. The minimum Gasteiger partial charge on any atom is -0.358 e. The summed E-state index contributed by atoms with van der Waals surface area (Å²) in [6, 6.07) is 0.482. The van der Waals surface area contributed by atoms with Crippen LogP contribution in [0.5, 0.6) is 0 Å². The van der Waals surface area contributed by atoms with Gasteiger partial charge >= 0.3 is 0 Å². The summed E-state index contributed by atoms with van der Waals surface area (Å²) in [5, 5.41) is 4.48. The lowest BCUT2D eigenvalue weighted by molar-refractivity contribution is 0.295. The molecule has 1 aliphatic carbocycles. The van der Waals surface area contributed by atoms with Crippen LogP contribution in [-0.2, 0) is 0 Å². The zero-order valence-corrected chi connectivity index (χ0v) is 13.2. The van der Waals surface area contributed by atoms with Crippen LogP contribution in [-0.4, -0.2) is 39.9 Å². The summed E-state index contributed by atoms with van der Waals surface area (Å²) >= 11 is 1.51. The van der Waals surface area contributed by atoms with Gasteiger partial charge in [-0.25, -0.2) is 4.98 Å². The molecule has 5 heteroatoms. The summed E-state index contributed by atoms with van der Waals surface area (Å²) in [6.07, 6.45) is 4.98. The molecule has 1 heterocycles. The average molecular weight is 282 g/mol. The highest BCUT2D eigenvalue weighted by Crippen LogP contribution is 2.39. The molecule has 1 atom stereocenters. The SMILES string of the molecule is CCN(CC)CCCC(C)Nc1nc(C2CC2)ns1. The van der Waals surface area contributed by atoms with Crippen molar-refractivity contribution in [2.24, 2.45) is 0 Å². The minimum absolute atomic E-state index is 0.482. The van der Waals surface area contributed by atoms with Crippen molar-refractivity contribution in [2.75, 3.05) is 25.0 Å². The Balaban J connectivity index is 1.66. The predicted octanol–water partition coefficient (Wildman–Crippen LogP) is 3.34. The summed E-state index contributed by atoms with van der Waals surface area (Å²) in [6.45, 7) is 10.2. The van der Waals surface area contributed by atoms with Crippen molar-refractivity contribution < 1.29 is 0 Å². The molecule has 1 saturated carbocycles. The Morgan fingerprint density at radius 3 is 2.74 bits per heavy atom. The highest BCUT2D eigenvalue weighted by Gasteiger charge is 2.27. The van der Waals surface area contributed by atoms with E-state index in [2.05, 4.69) is 40.3 Å². The van der Waals surface area contributed by atoms with Gasteiger partial charge in [0.15, 0.2) is 0 Å². The van der Waals surface area contributed by atoms with Crippen LogP contribution < -0.4 is 5.32 Å². The Hall–Kier alpha value is -0.680. The lowest BCUT2D eigenvalue weighted by atomic mass is 10.2. The van der Waals surface area contributed by atoms with Gasteiger partial charge in [-0.1, -0.05) is 13.8 Å². The Morgan fingerprint density at radius 1 is 1.37 bits per heavy atom. The number of anilines is 1. The topological polar surface area (TPSA) is 41.0 Å². The third-order valence-electron chi connectivity index (χ3n) is 3.76. The molecule has 108 valence electrons. The third-order valence-corrected chi connectivity index (χ3v) is 4.42. The monoisotopic (exact) mass is 282 g/mol. The van der Waals surface area contributed by atoms with E-state index in [0.717, 1.165) is 24.0 Å². The van der Waals surface area contributed by atoms with Crippen LogP contribution in [0.1, 0.15) is 58.2 Å². The molecule has 1 unspecified atom stereocenters. The average Bonchev–Trinajstić information content (AvgIpc) is 3.16. The molecule has 1 aromatic heterocycles. The molecule has 0 aromatic carbocycles. The van der Waals surface area contributed by atoms with Gasteiger partial charge in [0, 0.05) is 23.5 Å². The molecular formula is C14H26N4S. The molecule has 0 saturated heterocycles. The summed E-state index contributed by atoms with van der Waals surface area (Å²) in [5.41, 5.74) is 0. The summed E-state index contributed by atoms with van der Waals surface area (Å²) in [7, 11) is 0. The first-order chi connectivity index (χ1) is 9.22. The molecule has 1 fully saturated rings. The molecule has 19 heavy (non-hydrogen) atoms. The van der Waals surface area contributed by atoms with E-state index in [0.29, 0.717) is 12.0 Å². The third kappa shape index (κ3) is 4.73. The van der Waals surface area contributed by atoms with Crippen molar-refractivity contribution in [2.45, 2.75) is 58.4 Å². The van der Waals surface area contributed by atoms with E-state index in [9.17, 15) is 0 Å². The number of nitrogens with one attached hydrogen (secondary N) is 1. The lowest BCUT2D eigenvalue weighted by Crippen LogP contribution is -2.25.